The van der Waals surface area contributed by atoms with Crippen LogP contribution >= 0.6 is 0 Å². The predicted molar refractivity (Wildman–Crippen MR) is 79.6 cm³/mol. The van der Waals surface area contributed by atoms with Gasteiger partial charge in [-0.2, -0.15) is 0 Å². The monoisotopic (exact) mass is 311 g/mol. The van der Waals surface area contributed by atoms with Gasteiger partial charge in [0.2, 0.25) is 0 Å². The highest BCUT2D eigenvalue weighted by molar-refractivity contribution is 5.92. The summed E-state index contributed by atoms with van der Waals surface area (Å²) >= 11 is 0. The number of hydrogen-bond donors (Lipinski definition) is 1. The molecule has 0 spiro atoms. The second-order valence-electron chi connectivity index (χ2n) is 5.68. The lowest BCUT2D eigenvalue weighted by Crippen LogP contribution is -2.25. The number of aliphatic hydroxyl groups is 1. The maximum Gasteiger partial charge on any atom is 0.339 e. The SMILES string of the molecule is CCOC(O)Cc1c(C(=O)OC(C)(C)C)cccc1[N+](=O)[O-]. The molecule has 1 aromatic carbocycles. The largest absolute Gasteiger partial charge is 0.456 e. The normalized spacial score (nSPS) is 12.8. The first-order chi connectivity index (χ1) is 10.2. The second kappa shape index (κ2) is 7.33. The number of rotatable bonds is 6. The van der Waals surface area contributed by atoms with Crippen LogP contribution in [0.1, 0.15) is 43.6 Å². The topological polar surface area (TPSA) is 98.9 Å². The van der Waals surface area contributed by atoms with Crippen LogP contribution in [0.5, 0.6) is 0 Å². The number of ether oxygens (including phenoxy) is 2. The third-order valence-corrected chi connectivity index (χ3v) is 2.70. The summed E-state index contributed by atoms with van der Waals surface area (Å²) in [4.78, 5) is 22.8. The summed E-state index contributed by atoms with van der Waals surface area (Å²) in [5, 5.41) is 20.9. The van der Waals surface area contributed by atoms with Crippen molar-refractivity contribution in [1.82, 2.24) is 0 Å². The van der Waals surface area contributed by atoms with E-state index >= 15 is 0 Å². The molecule has 0 amide bonds. The number of carbonyl (C=O) groups is 1. The molecule has 0 aromatic heterocycles. The van der Waals surface area contributed by atoms with E-state index in [0.29, 0.717) is 0 Å². The Balaban J connectivity index is 3.23. The van der Waals surface area contributed by atoms with Crippen molar-refractivity contribution in [2.45, 2.75) is 46.0 Å². The van der Waals surface area contributed by atoms with Crippen molar-refractivity contribution in [2.24, 2.45) is 0 Å². The van der Waals surface area contributed by atoms with Gasteiger partial charge in [0.05, 0.1) is 10.5 Å². The van der Waals surface area contributed by atoms with Gasteiger partial charge in [0.25, 0.3) is 5.69 Å². The molecule has 0 saturated carbocycles. The molecular weight excluding hydrogens is 290 g/mol. The van der Waals surface area contributed by atoms with Crippen molar-refractivity contribution in [3.05, 3.63) is 39.4 Å². The Bertz CT molecular complexity index is 549. The number of hydrogen-bond acceptors (Lipinski definition) is 6. The second-order valence-corrected chi connectivity index (χ2v) is 5.68. The maximum atomic E-state index is 12.2. The Morgan fingerprint density at radius 3 is 2.55 bits per heavy atom. The van der Waals surface area contributed by atoms with Crippen LogP contribution in [-0.2, 0) is 15.9 Å². The molecular formula is C15H21NO6. The van der Waals surface area contributed by atoms with Gasteiger partial charge in [-0.25, -0.2) is 4.79 Å². The lowest BCUT2D eigenvalue weighted by molar-refractivity contribution is -0.385. The van der Waals surface area contributed by atoms with Crippen LogP contribution in [0.25, 0.3) is 0 Å². The van der Waals surface area contributed by atoms with E-state index in [1.807, 2.05) is 0 Å². The summed E-state index contributed by atoms with van der Waals surface area (Å²) in [5.41, 5.74) is -0.815. The molecule has 7 nitrogen and oxygen atoms in total. The fraction of sp³-hybridized carbons (Fsp3) is 0.533. The van der Waals surface area contributed by atoms with E-state index in [4.69, 9.17) is 9.47 Å². The number of nitro groups is 1. The minimum Gasteiger partial charge on any atom is -0.456 e. The molecule has 1 aromatic rings. The third kappa shape index (κ3) is 5.09. The molecule has 0 saturated heterocycles. The smallest absolute Gasteiger partial charge is 0.339 e. The molecule has 0 heterocycles. The lowest BCUT2D eigenvalue weighted by atomic mass is 10.0. The van der Waals surface area contributed by atoms with Crippen LogP contribution in [0.2, 0.25) is 0 Å². The quantitative estimate of drug-likeness (QED) is 0.375. The summed E-state index contributed by atoms with van der Waals surface area (Å²) in [6.07, 6.45) is -1.40. The number of carbonyl (C=O) groups excluding carboxylic acids is 1. The van der Waals surface area contributed by atoms with E-state index < -0.39 is 22.8 Å². The Labute approximate surface area is 129 Å². The van der Waals surface area contributed by atoms with Crippen molar-refractivity contribution >= 4 is 11.7 Å². The molecule has 1 rings (SSSR count). The average molecular weight is 311 g/mol. The molecule has 122 valence electrons. The minimum atomic E-state index is -1.23. The number of nitro benzene ring substituents is 1. The molecule has 0 aliphatic heterocycles. The van der Waals surface area contributed by atoms with Crippen molar-refractivity contribution in [2.75, 3.05) is 6.61 Å². The zero-order valence-corrected chi connectivity index (χ0v) is 13.2. The van der Waals surface area contributed by atoms with Crippen LogP contribution in [0.4, 0.5) is 5.69 Å². The Hall–Kier alpha value is -1.99. The first-order valence-electron chi connectivity index (χ1n) is 6.95. The van der Waals surface area contributed by atoms with Gasteiger partial charge >= 0.3 is 5.97 Å². The molecule has 1 atom stereocenters. The van der Waals surface area contributed by atoms with Gasteiger partial charge in [0, 0.05) is 24.7 Å². The zero-order valence-electron chi connectivity index (χ0n) is 13.2. The van der Waals surface area contributed by atoms with Gasteiger partial charge in [-0.15, -0.1) is 0 Å². The third-order valence-electron chi connectivity index (χ3n) is 2.70. The van der Waals surface area contributed by atoms with E-state index in [1.165, 1.54) is 18.2 Å². The summed E-state index contributed by atoms with van der Waals surface area (Å²) in [6.45, 7) is 7.06. The highest BCUT2D eigenvalue weighted by Crippen LogP contribution is 2.26. The van der Waals surface area contributed by atoms with Gasteiger partial charge in [-0.3, -0.25) is 10.1 Å². The van der Waals surface area contributed by atoms with E-state index in [1.54, 1.807) is 27.7 Å². The molecule has 0 bridgehead atoms. The van der Waals surface area contributed by atoms with E-state index in [2.05, 4.69) is 0 Å². The number of nitrogens with zero attached hydrogens (tertiary/aromatic N) is 1. The van der Waals surface area contributed by atoms with Crippen LogP contribution in [0.15, 0.2) is 18.2 Å². The van der Waals surface area contributed by atoms with E-state index in [9.17, 15) is 20.0 Å². The number of benzene rings is 1. The molecule has 0 aliphatic carbocycles. The van der Waals surface area contributed by atoms with Crippen molar-refractivity contribution in [3.8, 4) is 0 Å². The Kier molecular flexibility index (Phi) is 6.01. The van der Waals surface area contributed by atoms with Gasteiger partial charge in [0.15, 0.2) is 6.29 Å². The summed E-state index contributed by atoms with van der Waals surface area (Å²) in [7, 11) is 0. The Morgan fingerprint density at radius 2 is 2.05 bits per heavy atom. The molecule has 0 radical (unpaired) electrons. The fourth-order valence-electron chi connectivity index (χ4n) is 1.91. The van der Waals surface area contributed by atoms with Crippen molar-refractivity contribution in [3.63, 3.8) is 0 Å². The molecule has 22 heavy (non-hydrogen) atoms. The molecule has 1 N–H and O–H groups in total. The maximum absolute atomic E-state index is 12.2. The Morgan fingerprint density at radius 1 is 1.41 bits per heavy atom. The van der Waals surface area contributed by atoms with Crippen molar-refractivity contribution < 1.29 is 24.3 Å². The molecule has 1 unspecified atom stereocenters. The lowest BCUT2D eigenvalue weighted by Gasteiger charge is -2.21. The fourth-order valence-corrected chi connectivity index (χ4v) is 1.91. The summed E-state index contributed by atoms with van der Waals surface area (Å²) in [6, 6.07) is 4.13. The predicted octanol–water partition coefficient (Wildman–Crippen LogP) is 2.45. The number of aliphatic hydroxyl groups excluding tert-OH is 1. The molecule has 0 aliphatic rings. The van der Waals surface area contributed by atoms with Crippen LogP contribution in [0.3, 0.4) is 0 Å². The minimum absolute atomic E-state index is 0.0582. The van der Waals surface area contributed by atoms with E-state index in [-0.39, 0.29) is 29.8 Å². The van der Waals surface area contributed by atoms with E-state index in [0.717, 1.165) is 0 Å². The first kappa shape index (κ1) is 18.1. The summed E-state index contributed by atoms with van der Waals surface area (Å²) < 4.78 is 10.3. The van der Waals surface area contributed by atoms with Gasteiger partial charge in [-0.05, 0) is 33.8 Å². The molecule has 0 fully saturated rings. The van der Waals surface area contributed by atoms with Crippen LogP contribution in [-0.4, -0.2) is 34.5 Å². The van der Waals surface area contributed by atoms with Crippen LogP contribution < -0.4 is 0 Å². The zero-order chi connectivity index (χ0) is 16.9. The first-order valence-corrected chi connectivity index (χ1v) is 6.95. The highest BCUT2D eigenvalue weighted by Gasteiger charge is 2.27. The average Bonchev–Trinajstić information content (AvgIpc) is 2.36. The van der Waals surface area contributed by atoms with Crippen molar-refractivity contribution in [1.29, 1.82) is 0 Å². The van der Waals surface area contributed by atoms with Crippen LogP contribution in [0, 0.1) is 10.1 Å². The summed E-state index contributed by atoms with van der Waals surface area (Å²) in [5.74, 6) is -0.671. The highest BCUT2D eigenvalue weighted by atomic mass is 16.6. The standard InChI is InChI=1S/C15H21NO6/c1-5-21-13(17)9-11-10(14(18)22-15(2,3)4)7-6-8-12(11)16(19)20/h6-8,13,17H,5,9H2,1-4H3. The van der Waals surface area contributed by atoms with Gasteiger partial charge in [-0.1, -0.05) is 6.07 Å². The van der Waals surface area contributed by atoms with Gasteiger partial charge < -0.3 is 14.6 Å². The number of esters is 1. The van der Waals surface area contributed by atoms with Gasteiger partial charge in [0.1, 0.15) is 5.60 Å². The molecule has 7 heteroatoms.